The van der Waals surface area contributed by atoms with E-state index in [0.29, 0.717) is 27.8 Å². The molecule has 2 aromatic rings. The van der Waals surface area contributed by atoms with E-state index in [1.165, 1.54) is 21.1 Å². The van der Waals surface area contributed by atoms with Crippen molar-refractivity contribution in [1.29, 1.82) is 0 Å². The van der Waals surface area contributed by atoms with Crippen LogP contribution < -0.4 is 19.9 Å². The topological polar surface area (TPSA) is 92.4 Å². The Morgan fingerprint density at radius 2 is 1.85 bits per heavy atom. The van der Waals surface area contributed by atoms with Crippen LogP contribution in [0.15, 0.2) is 47.6 Å². The predicted octanol–water partition coefficient (Wildman–Crippen LogP) is 2.99. The van der Waals surface area contributed by atoms with Gasteiger partial charge in [0.15, 0.2) is 23.4 Å². The van der Waals surface area contributed by atoms with Crippen molar-refractivity contribution in [3.8, 4) is 17.2 Å². The lowest BCUT2D eigenvalue weighted by atomic mass is 10.2. The van der Waals surface area contributed by atoms with Gasteiger partial charge in [-0.05, 0) is 43.3 Å². The summed E-state index contributed by atoms with van der Waals surface area (Å²) in [5.74, 6) is 0.776. The van der Waals surface area contributed by atoms with Gasteiger partial charge in [-0.15, -0.1) is 0 Å². The average molecular weight is 379 g/mol. The first kappa shape index (κ1) is 19.4. The van der Waals surface area contributed by atoms with Crippen LogP contribution in [-0.2, 0) is 9.63 Å². The van der Waals surface area contributed by atoms with Crippen molar-refractivity contribution in [3.05, 3.63) is 53.1 Å². The maximum Gasteiger partial charge on any atom is 0.374 e. The molecule has 7 nitrogen and oxygen atoms in total. The zero-order valence-corrected chi connectivity index (χ0v) is 15.3. The van der Waals surface area contributed by atoms with Crippen molar-refractivity contribution in [2.24, 2.45) is 10.9 Å². The summed E-state index contributed by atoms with van der Waals surface area (Å²) in [5.41, 5.74) is 6.36. The van der Waals surface area contributed by atoms with Gasteiger partial charge in [-0.1, -0.05) is 22.8 Å². The van der Waals surface area contributed by atoms with Gasteiger partial charge in [0.25, 0.3) is 0 Å². The van der Waals surface area contributed by atoms with Crippen LogP contribution in [0.1, 0.15) is 12.5 Å². The number of benzene rings is 2. The van der Waals surface area contributed by atoms with E-state index in [-0.39, 0.29) is 5.84 Å². The summed E-state index contributed by atoms with van der Waals surface area (Å²) < 4.78 is 15.8. The molecular formula is C18H19ClN2O5. The van der Waals surface area contributed by atoms with E-state index in [1.807, 2.05) is 0 Å². The standard InChI is InChI=1S/C18H19ClN2O5/c1-11(25-14-6-4-5-13(19)10-14)18(22)26-21-17(20)12-7-8-15(23-2)16(9-12)24-3/h4-11H,1-3H3,(H2,20,21)/t11-/m0/s1. The van der Waals surface area contributed by atoms with Gasteiger partial charge in [-0.25, -0.2) is 4.79 Å². The quantitative estimate of drug-likeness (QED) is 0.344. The molecule has 0 saturated heterocycles. The maximum absolute atomic E-state index is 12.0. The zero-order valence-electron chi connectivity index (χ0n) is 14.6. The van der Waals surface area contributed by atoms with Gasteiger partial charge < -0.3 is 24.8 Å². The Bertz CT molecular complexity index is 810. The van der Waals surface area contributed by atoms with Crippen LogP contribution in [-0.4, -0.2) is 32.1 Å². The summed E-state index contributed by atoms with van der Waals surface area (Å²) in [7, 11) is 3.03. The van der Waals surface area contributed by atoms with Crippen LogP contribution in [0, 0.1) is 0 Å². The minimum Gasteiger partial charge on any atom is -0.493 e. The number of rotatable bonds is 7. The number of methoxy groups -OCH3 is 2. The highest BCUT2D eigenvalue weighted by molar-refractivity contribution is 6.30. The van der Waals surface area contributed by atoms with Gasteiger partial charge >= 0.3 is 5.97 Å². The fourth-order valence-corrected chi connectivity index (χ4v) is 2.19. The summed E-state index contributed by atoms with van der Waals surface area (Å²) in [6.45, 7) is 1.53. The second kappa shape index (κ2) is 8.96. The van der Waals surface area contributed by atoms with E-state index < -0.39 is 12.1 Å². The molecule has 138 valence electrons. The molecule has 26 heavy (non-hydrogen) atoms. The molecule has 0 amide bonds. The van der Waals surface area contributed by atoms with Crippen LogP contribution in [0.5, 0.6) is 17.2 Å². The van der Waals surface area contributed by atoms with Crippen molar-refractivity contribution >= 4 is 23.4 Å². The number of ether oxygens (including phenoxy) is 3. The molecule has 0 aliphatic rings. The average Bonchev–Trinajstić information content (AvgIpc) is 2.65. The lowest BCUT2D eigenvalue weighted by Gasteiger charge is -2.12. The van der Waals surface area contributed by atoms with Crippen LogP contribution in [0.3, 0.4) is 0 Å². The Hall–Kier alpha value is -2.93. The van der Waals surface area contributed by atoms with Gasteiger partial charge in [0, 0.05) is 10.6 Å². The largest absolute Gasteiger partial charge is 0.493 e. The summed E-state index contributed by atoms with van der Waals surface area (Å²) >= 11 is 5.87. The normalized spacial score (nSPS) is 12.2. The summed E-state index contributed by atoms with van der Waals surface area (Å²) in [5, 5.41) is 4.15. The minimum atomic E-state index is -0.893. The van der Waals surface area contributed by atoms with E-state index in [0.717, 1.165) is 0 Å². The van der Waals surface area contributed by atoms with Crippen LogP contribution in [0.4, 0.5) is 0 Å². The van der Waals surface area contributed by atoms with Crippen LogP contribution >= 0.6 is 11.6 Å². The number of hydrogen-bond acceptors (Lipinski definition) is 6. The first-order valence-electron chi connectivity index (χ1n) is 7.63. The first-order valence-corrected chi connectivity index (χ1v) is 8.01. The fourth-order valence-electron chi connectivity index (χ4n) is 2.01. The SMILES string of the molecule is COc1ccc(/C(N)=N\OC(=O)[C@H](C)Oc2cccc(Cl)c2)cc1OC. The number of oxime groups is 1. The van der Waals surface area contributed by atoms with E-state index >= 15 is 0 Å². The van der Waals surface area contributed by atoms with Crippen molar-refractivity contribution in [2.45, 2.75) is 13.0 Å². The van der Waals surface area contributed by atoms with Crippen molar-refractivity contribution in [1.82, 2.24) is 0 Å². The molecule has 0 saturated carbocycles. The maximum atomic E-state index is 12.0. The number of hydrogen-bond donors (Lipinski definition) is 1. The molecule has 1 atom stereocenters. The first-order chi connectivity index (χ1) is 12.4. The molecular weight excluding hydrogens is 360 g/mol. The Morgan fingerprint density at radius 3 is 2.50 bits per heavy atom. The second-order valence-corrected chi connectivity index (χ2v) is 5.61. The number of carbonyl (C=O) groups excluding carboxylic acids is 1. The highest BCUT2D eigenvalue weighted by Crippen LogP contribution is 2.27. The molecule has 0 bridgehead atoms. The molecule has 0 heterocycles. The Balaban J connectivity index is 2.02. The monoisotopic (exact) mass is 378 g/mol. The molecule has 0 aliphatic carbocycles. The Labute approximate surface area is 156 Å². The van der Waals surface area contributed by atoms with Gasteiger partial charge in [0.1, 0.15) is 5.75 Å². The van der Waals surface area contributed by atoms with Crippen molar-refractivity contribution in [3.63, 3.8) is 0 Å². The number of amidine groups is 1. The van der Waals surface area contributed by atoms with Gasteiger partial charge in [0.05, 0.1) is 14.2 Å². The molecule has 0 spiro atoms. The second-order valence-electron chi connectivity index (χ2n) is 5.17. The number of halogens is 1. The zero-order chi connectivity index (χ0) is 19.1. The lowest BCUT2D eigenvalue weighted by Crippen LogP contribution is -2.26. The summed E-state index contributed by atoms with van der Waals surface area (Å²) in [6, 6.07) is 11.6. The molecule has 2 rings (SSSR count). The van der Waals surface area contributed by atoms with Gasteiger partial charge in [0.2, 0.25) is 0 Å². The fraction of sp³-hybridized carbons (Fsp3) is 0.222. The molecule has 0 fully saturated rings. The lowest BCUT2D eigenvalue weighted by molar-refractivity contribution is -0.151. The van der Waals surface area contributed by atoms with Gasteiger partial charge in [-0.3, -0.25) is 0 Å². The van der Waals surface area contributed by atoms with E-state index in [4.69, 9.17) is 36.4 Å². The minimum absolute atomic E-state index is 0.00857. The number of nitrogens with zero attached hydrogens (tertiary/aromatic N) is 1. The van der Waals surface area contributed by atoms with E-state index in [9.17, 15) is 4.79 Å². The predicted molar refractivity (Wildman–Crippen MR) is 97.9 cm³/mol. The Kier molecular flexibility index (Phi) is 6.68. The van der Waals surface area contributed by atoms with E-state index in [2.05, 4.69) is 5.16 Å². The third-order valence-corrected chi connectivity index (χ3v) is 3.59. The molecule has 0 unspecified atom stereocenters. The summed E-state index contributed by atoms with van der Waals surface area (Å²) in [6.07, 6.45) is -0.893. The highest BCUT2D eigenvalue weighted by atomic mass is 35.5. The van der Waals surface area contributed by atoms with Crippen molar-refractivity contribution < 1.29 is 23.8 Å². The molecule has 0 aliphatic heterocycles. The van der Waals surface area contributed by atoms with Crippen LogP contribution in [0.25, 0.3) is 0 Å². The van der Waals surface area contributed by atoms with Gasteiger partial charge in [-0.2, -0.15) is 0 Å². The molecule has 2 aromatic carbocycles. The smallest absolute Gasteiger partial charge is 0.374 e. The third kappa shape index (κ3) is 5.03. The third-order valence-electron chi connectivity index (χ3n) is 3.35. The van der Waals surface area contributed by atoms with E-state index in [1.54, 1.807) is 42.5 Å². The van der Waals surface area contributed by atoms with Crippen molar-refractivity contribution in [2.75, 3.05) is 14.2 Å². The molecule has 2 N–H and O–H groups in total. The molecule has 8 heteroatoms. The summed E-state index contributed by atoms with van der Waals surface area (Å²) in [4.78, 5) is 16.9. The molecule has 0 radical (unpaired) electrons. The van der Waals surface area contributed by atoms with Crippen LogP contribution in [0.2, 0.25) is 5.02 Å². The molecule has 0 aromatic heterocycles. The highest BCUT2D eigenvalue weighted by Gasteiger charge is 2.17. The Morgan fingerprint density at radius 1 is 1.12 bits per heavy atom. The number of carbonyl (C=O) groups is 1. The number of nitrogens with two attached hydrogens (primary N) is 1.